The number of aryl methyl sites for hydroxylation is 1. The standard InChI is InChI=1S/C21H23NO6/c1-13-5-10-16(28-13)19(23)17-18(14-6-8-15(27-3)9-7-14)22(11-4-12-26-2)21(25)20(17)24/h5-10,18,24H,4,11-12H2,1-3H3. The highest BCUT2D eigenvalue weighted by Crippen LogP contribution is 2.39. The number of aliphatic hydroxyl groups excluding tert-OH is 1. The lowest BCUT2D eigenvalue weighted by molar-refractivity contribution is -0.129. The van der Waals surface area contributed by atoms with Crippen LogP contribution in [0.15, 0.2) is 52.1 Å². The first kappa shape index (κ1) is 19.7. The molecule has 0 bridgehead atoms. The smallest absolute Gasteiger partial charge is 0.290 e. The van der Waals surface area contributed by atoms with Gasteiger partial charge in [0.25, 0.3) is 5.91 Å². The van der Waals surface area contributed by atoms with Crippen LogP contribution in [0.1, 0.15) is 34.3 Å². The highest BCUT2D eigenvalue weighted by atomic mass is 16.5. The lowest BCUT2D eigenvalue weighted by atomic mass is 9.95. The van der Waals surface area contributed by atoms with Crippen molar-refractivity contribution < 1.29 is 28.6 Å². The highest BCUT2D eigenvalue weighted by Gasteiger charge is 2.44. The third kappa shape index (κ3) is 3.66. The molecule has 7 nitrogen and oxygen atoms in total. The third-order valence-corrected chi connectivity index (χ3v) is 4.69. The maximum Gasteiger partial charge on any atom is 0.290 e. The molecule has 1 atom stereocenters. The summed E-state index contributed by atoms with van der Waals surface area (Å²) >= 11 is 0. The molecule has 2 aromatic rings. The quantitative estimate of drug-likeness (QED) is 0.554. The second-order valence-corrected chi connectivity index (χ2v) is 6.52. The number of rotatable bonds is 8. The van der Waals surface area contributed by atoms with E-state index in [9.17, 15) is 14.7 Å². The van der Waals surface area contributed by atoms with Gasteiger partial charge in [0.2, 0.25) is 5.78 Å². The Bertz CT molecular complexity index is 896. The molecule has 1 aromatic heterocycles. The fourth-order valence-electron chi connectivity index (χ4n) is 3.32. The Balaban J connectivity index is 2.02. The normalized spacial score (nSPS) is 16.8. The summed E-state index contributed by atoms with van der Waals surface area (Å²) in [5.74, 6) is -0.314. The van der Waals surface area contributed by atoms with Gasteiger partial charge in [-0.25, -0.2) is 0 Å². The molecule has 0 aliphatic carbocycles. The van der Waals surface area contributed by atoms with Crippen LogP contribution >= 0.6 is 0 Å². The summed E-state index contributed by atoms with van der Waals surface area (Å²) in [6.45, 7) is 2.52. The predicted molar refractivity (Wildman–Crippen MR) is 101 cm³/mol. The van der Waals surface area contributed by atoms with Gasteiger partial charge in [-0.2, -0.15) is 0 Å². The Morgan fingerprint density at radius 1 is 1.18 bits per heavy atom. The minimum absolute atomic E-state index is 0.0157. The zero-order valence-electron chi connectivity index (χ0n) is 16.1. The number of benzene rings is 1. The Morgan fingerprint density at radius 2 is 1.89 bits per heavy atom. The summed E-state index contributed by atoms with van der Waals surface area (Å²) in [6.07, 6.45) is 0.573. The number of carbonyl (C=O) groups excluding carboxylic acids is 2. The third-order valence-electron chi connectivity index (χ3n) is 4.69. The van der Waals surface area contributed by atoms with Gasteiger partial charge in [-0.1, -0.05) is 12.1 Å². The molecule has 28 heavy (non-hydrogen) atoms. The molecule has 1 aliphatic rings. The molecule has 3 rings (SSSR count). The van der Waals surface area contributed by atoms with Crippen LogP contribution in [0.25, 0.3) is 0 Å². The number of ketones is 1. The Hall–Kier alpha value is -3.06. The summed E-state index contributed by atoms with van der Waals surface area (Å²) in [6, 6.07) is 9.55. The van der Waals surface area contributed by atoms with Crippen molar-refractivity contribution in [1.29, 1.82) is 0 Å². The summed E-state index contributed by atoms with van der Waals surface area (Å²) in [4.78, 5) is 27.3. The second-order valence-electron chi connectivity index (χ2n) is 6.52. The van der Waals surface area contributed by atoms with E-state index in [2.05, 4.69) is 0 Å². The van der Waals surface area contributed by atoms with Crippen molar-refractivity contribution in [2.24, 2.45) is 0 Å². The molecular formula is C21H23NO6. The zero-order chi connectivity index (χ0) is 20.3. The van der Waals surface area contributed by atoms with Crippen molar-refractivity contribution in [3.63, 3.8) is 0 Å². The number of nitrogens with zero attached hydrogens (tertiary/aromatic N) is 1. The van der Waals surface area contributed by atoms with Gasteiger partial charge >= 0.3 is 0 Å². The van der Waals surface area contributed by atoms with E-state index in [-0.39, 0.29) is 11.3 Å². The lowest BCUT2D eigenvalue weighted by Crippen LogP contribution is -2.32. The SMILES string of the molecule is COCCCN1C(=O)C(O)=C(C(=O)c2ccc(C)o2)C1c1ccc(OC)cc1. The van der Waals surface area contributed by atoms with Crippen LogP contribution in [0.2, 0.25) is 0 Å². The van der Waals surface area contributed by atoms with Crippen molar-refractivity contribution in [1.82, 2.24) is 4.90 Å². The van der Waals surface area contributed by atoms with E-state index < -0.39 is 23.5 Å². The number of aliphatic hydroxyl groups is 1. The summed E-state index contributed by atoms with van der Waals surface area (Å²) in [5, 5.41) is 10.5. The number of carbonyl (C=O) groups is 2. The first-order valence-corrected chi connectivity index (χ1v) is 8.96. The molecule has 7 heteroatoms. The molecule has 1 aliphatic heterocycles. The average Bonchev–Trinajstić information content (AvgIpc) is 3.24. The molecule has 0 fully saturated rings. The molecule has 2 heterocycles. The molecule has 1 aromatic carbocycles. The van der Waals surface area contributed by atoms with Crippen LogP contribution in [0.4, 0.5) is 0 Å². The van der Waals surface area contributed by atoms with Crippen molar-refractivity contribution in [3.8, 4) is 5.75 Å². The minimum atomic E-state index is -0.715. The van der Waals surface area contributed by atoms with Crippen LogP contribution in [-0.4, -0.2) is 49.1 Å². The van der Waals surface area contributed by atoms with Crippen molar-refractivity contribution in [3.05, 3.63) is 64.8 Å². The summed E-state index contributed by atoms with van der Waals surface area (Å²) < 4.78 is 15.7. The minimum Gasteiger partial charge on any atom is -0.503 e. The Morgan fingerprint density at radius 3 is 2.46 bits per heavy atom. The van der Waals surface area contributed by atoms with Gasteiger partial charge in [0.15, 0.2) is 11.5 Å². The Kier molecular flexibility index (Phi) is 5.84. The number of hydrogen-bond acceptors (Lipinski definition) is 6. The van der Waals surface area contributed by atoms with E-state index in [0.717, 1.165) is 0 Å². The molecule has 1 amide bonds. The van der Waals surface area contributed by atoms with Crippen LogP contribution < -0.4 is 4.74 Å². The highest BCUT2D eigenvalue weighted by molar-refractivity contribution is 6.15. The molecule has 148 valence electrons. The topological polar surface area (TPSA) is 89.2 Å². The average molecular weight is 385 g/mol. The van der Waals surface area contributed by atoms with Crippen molar-refractivity contribution in [2.75, 3.05) is 27.4 Å². The second kappa shape index (κ2) is 8.31. The number of hydrogen-bond donors (Lipinski definition) is 1. The van der Waals surface area contributed by atoms with Crippen LogP contribution in [0, 0.1) is 6.92 Å². The van der Waals surface area contributed by atoms with E-state index in [0.29, 0.717) is 36.6 Å². The van der Waals surface area contributed by atoms with Gasteiger partial charge in [0.05, 0.1) is 18.7 Å². The van der Waals surface area contributed by atoms with E-state index in [4.69, 9.17) is 13.9 Å². The van der Waals surface area contributed by atoms with Gasteiger partial charge in [-0.05, 0) is 43.2 Å². The van der Waals surface area contributed by atoms with Crippen LogP contribution in [0.5, 0.6) is 5.75 Å². The van der Waals surface area contributed by atoms with Crippen LogP contribution in [0.3, 0.4) is 0 Å². The largest absolute Gasteiger partial charge is 0.503 e. The van der Waals surface area contributed by atoms with Gasteiger partial charge in [0.1, 0.15) is 11.5 Å². The molecule has 0 radical (unpaired) electrons. The molecule has 0 saturated carbocycles. The molecule has 1 N–H and O–H groups in total. The number of ether oxygens (including phenoxy) is 2. The fourth-order valence-corrected chi connectivity index (χ4v) is 3.32. The number of furan rings is 1. The molecular weight excluding hydrogens is 362 g/mol. The lowest BCUT2D eigenvalue weighted by Gasteiger charge is -2.26. The maximum atomic E-state index is 13.1. The van der Waals surface area contributed by atoms with E-state index >= 15 is 0 Å². The van der Waals surface area contributed by atoms with Gasteiger partial charge in [-0.3, -0.25) is 9.59 Å². The van der Waals surface area contributed by atoms with Crippen molar-refractivity contribution in [2.45, 2.75) is 19.4 Å². The monoisotopic (exact) mass is 385 g/mol. The van der Waals surface area contributed by atoms with Gasteiger partial charge < -0.3 is 23.9 Å². The zero-order valence-corrected chi connectivity index (χ0v) is 16.1. The summed E-state index contributed by atoms with van der Waals surface area (Å²) in [7, 11) is 3.14. The first-order chi connectivity index (χ1) is 13.5. The fraction of sp³-hybridized carbons (Fsp3) is 0.333. The van der Waals surface area contributed by atoms with E-state index in [1.165, 1.54) is 4.90 Å². The number of Topliss-reactive ketones (excluding diaryl/α,β-unsaturated/α-hetero) is 1. The van der Waals surface area contributed by atoms with Gasteiger partial charge in [0, 0.05) is 20.3 Å². The van der Waals surface area contributed by atoms with Gasteiger partial charge in [-0.15, -0.1) is 0 Å². The molecule has 1 unspecified atom stereocenters. The molecule has 0 saturated heterocycles. The molecule has 0 spiro atoms. The Labute approximate surface area is 163 Å². The predicted octanol–water partition coefficient (Wildman–Crippen LogP) is 3.21. The van der Waals surface area contributed by atoms with E-state index in [1.54, 1.807) is 57.5 Å². The number of amides is 1. The summed E-state index contributed by atoms with van der Waals surface area (Å²) in [5.41, 5.74) is 0.712. The maximum absolute atomic E-state index is 13.1. The van der Waals surface area contributed by atoms with Crippen LogP contribution in [-0.2, 0) is 9.53 Å². The van der Waals surface area contributed by atoms with Crippen molar-refractivity contribution >= 4 is 11.7 Å². The van der Waals surface area contributed by atoms with E-state index in [1.807, 2.05) is 0 Å². The number of methoxy groups -OCH3 is 2. The first-order valence-electron chi connectivity index (χ1n) is 8.96.